The van der Waals surface area contributed by atoms with E-state index in [9.17, 15) is 17.2 Å². The molecule has 0 aliphatic heterocycles. The largest absolute Gasteiger partial charge is 0.214 e. The fourth-order valence-electron chi connectivity index (χ4n) is 2.64. The van der Waals surface area contributed by atoms with Crippen LogP contribution in [0.25, 0.3) is 0 Å². The van der Waals surface area contributed by atoms with Gasteiger partial charge in [0.25, 0.3) is 0 Å². The van der Waals surface area contributed by atoms with Crippen molar-refractivity contribution in [2.24, 2.45) is 0 Å². The minimum Gasteiger partial charge on any atom is -0.212 e. The Kier molecular flexibility index (Phi) is 4.44. The Morgan fingerprint density at radius 3 is 2.30 bits per heavy atom. The third kappa shape index (κ3) is 3.35. The molecule has 2 rings (SSSR count). The summed E-state index contributed by atoms with van der Waals surface area (Å²) in [5, 5.41) is -0.520. The van der Waals surface area contributed by atoms with Crippen molar-refractivity contribution in [3.05, 3.63) is 35.4 Å². The molecule has 0 bridgehead atoms. The van der Waals surface area contributed by atoms with Crippen molar-refractivity contribution < 1.29 is 17.2 Å². The van der Waals surface area contributed by atoms with Crippen LogP contribution in [0.4, 0.5) is 8.78 Å². The number of rotatable bonds is 4. The summed E-state index contributed by atoms with van der Waals surface area (Å²) in [6.45, 7) is 3.21. The van der Waals surface area contributed by atoms with E-state index < -0.39 is 26.9 Å². The van der Waals surface area contributed by atoms with E-state index in [1.54, 1.807) is 13.8 Å². The zero-order valence-electron chi connectivity index (χ0n) is 11.6. The predicted molar refractivity (Wildman–Crippen MR) is 73.9 cm³/mol. The van der Waals surface area contributed by atoms with Crippen LogP contribution in [0, 0.1) is 11.6 Å². The highest BCUT2D eigenvalue weighted by atomic mass is 32.2. The summed E-state index contributed by atoms with van der Waals surface area (Å²) in [5.74, 6) is -1.43. The molecule has 1 aromatic rings. The van der Waals surface area contributed by atoms with Crippen LogP contribution < -0.4 is 4.72 Å². The lowest BCUT2D eigenvalue weighted by Gasteiger charge is -2.22. The van der Waals surface area contributed by atoms with Gasteiger partial charge in [0.1, 0.15) is 11.6 Å². The van der Waals surface area contributed by atoms with Gasteiger partial charge in [-0.3, -0.25) is 0 Å². The van der Waals surface area contributed by atoms with Crippen molar-refractivity contribution in [2.45, 2.75) is 50.3 Å². The first-order valence-corrected chi connectivity index (χ1v) is 8.31. The van der Waals surface area contributed by atoms with Gasteiger partial charge in [-0.2, -0.15) is 0 Å². The summed E-state index contributed by atoms with van der Waals surface area (Å²) < 4.78 is 53.1. The molecule has 0 unspecified atom stereocenters. The predicted octanol–water partition coefficient (Wildman–Crippen LogP) is 2.93. The molecule has 112 valence electrons. The lowest BCUT2D eigenvalue weighted by molar-refractivity contribution is 0.514. The SMILES string of the molecule is CC(C)S(=O)(=O)N[C@@H]1CCC[C@@H]1c1cc(F)cc(F)c1. The van der Waals surface area contributed by atoms with Crippen LogP contribution in [0.1, 0.15) is 44.6 Å². The number of hydrogen-bond acceptors (Lipinski definition) is 2. The van der Waals surface area contributed by atoms with Crippen molar-refractivity contribution in [2.75, 3.05) is 0 Å². The minimum absolute atomic E-state index is 0.172. The van der Waals surface area contributed by atoms with Crippen molar-refractivity contribution >= 4 is 10.0 Å². The average Bonchev–Trinajstić information content (AvgIpc) is 2.74. The van der Waals surface area contributed by atoms with Gasteiger partial charge in [0.05, 0.1) is 5.25 Å². The second kappa shape index (κ2) is 5.77. The lowest BCUT2D eigenvalue weighted by atomic mass is 9.94. The van der Waals surface area contributed by atoms with Crippen molar-refractivity contribution in [1.29, 1.82) is 0 Å². The van der Waals surface area contributed by atoms with Gasteiger partial charge in [-0.25, -0.2) is 21.9 Å². The summed E-state index contributed by atoms with van der Waals surface area (Å²) in [6.07, 6.45) is 2.26. The molecule has 6 heteroatoms. The van der Waals surface area contributed by atoms with Crippen LogP contribution in [0.3, 0.4) is 0 Å². The monoisotopic (exact) mass is 303 g/mol. The molecule has 1 aliphatic rings. The van der Waals surface area contributed by atoms with E-state index in [1.165, 1.54) is 12.1 Å². The van der Waals surface area contributed by atoms with Crippen LogP contribution in [0.5, 0.6) is 0 Å². The highest BCUT2D eigenvalue weighted by Gasteiger charge is 2.33. The lowest BCUT2D eigenvalue weighted by Crippen LogP contribution is -2.40. The van der Waals surface area contributed by atoms with Crippen LogP contribution in [0.2, 0.25) is 0 Å². The Morgan fingerprint density at radius 2 is 1.75 bits per heavy atom. The maximum Gasteiger partial charge on any atom is 0.214 e. The molecule has 3 nitrogen and oxygen atoms in total. The van der Waals surface area contributed by atoms with Gasteiger partial charge in [-0.1, -0.05) is 6.42 Å². The molecule has 2 atom stereocenters. The first-order chi connectivity index (χ1) is 9.29. The molecule has 0 radical (unpaired) electrons. The Morgan fingerprint density at radius 1 is 1.15 bits per heavy atom. The summed E-state index contributed by atoms with van der Waals surface area (Å²) in [7, 11) is -3.38. The number of nitrogens with one attached hydrogen (secondary N) is 1. The van der Waals surface area contributed by atoms with Gasteiger partial charge in [0.15, 0.2) is 0 Å². The fourth-order valence-corrected chi connectivity index (χ4v) is 3.61. The Balaban J connectivity index is 2.23. The van der Waals surface area contributed by atoms with E-state index in [1.807, 2.05) is 0 Å². The maximum atomic E-state index is 13.3. The molecular formula is C14H19F2NO2S. The Hall–Kier alpha value is -1.01. The summed E-state index contributed by atoms with van der Waals surface area (Å²) in [6, 6.07) is 3.11. The summed E-state index contributed by atoms with van der Waals surface area (Å²) in [5.41, 5.74) is 0.524. The standard InChI is InChI=1S/C14H19F2NO2S/c1-9(2)20(18,19)17-14-5-3-4-13(14)10-6-11(15)8-12(16)7-10/h6-9,13-14,17H,3-5H2,1-2H3/t13-,14-/m1/s1. The molecule has 0 heterocycles. The summed E-state index contributed by atoms with van der Waals surface area (Å²) in [4.78, 5) is 0. The second-order valence-electron chi connectivity index (χ2n) is 5.56. The van der Waals surface area contributed by atoms with Gasteiger partial charge in [0, 0.05) is 18.0 Å². The molecule has 1 N–H and O–H groups in total. The third-order valence-electron chi connectivity index (χ3n) is 3.77. The van der Waals surface area contributed by atoms with E-state index >= 15 is 0 Å². The number of halogens is 2. The zero-order chi connectivity index (χ0) is 14.9. The molecule has 0 aromatic heterocycles. The molecule has 0 amide bonds. The molecule has 0 saturated heterocycles. The molecule has 20 heavy (non-hydrogen) atoms. The molecule has 0 spiro atoms. The molecule has 1 aromatic carbocycles. The van der Waals surface area contributed by atoms with Crippen molar-refractivity contribution in [1.82, 2.24) is 4.72 Å². The van der Waals surface area contributed by atoms with Gasteiger partial charge in [0.2, 0.25) is 10.0 Å². The Bertz CT molecular complexity index is 567. The number of sulfonamides is 1. The van der Waals surface area contributed by atoms with E-state index in [0.717, 1.165) is 18.9 Å². The van der Waals surface area contributed by atoms with E-state index in [2.05, 4.69) is 4.72 Å². The van der Waals surface area contributed by atoms with Crippen LogP contribution in [0.15, 0.2) is 18.2 Å². The second-order valence-corrected chi connectivity index (χ2v) is 7.83. The molecule has 1 fully saturated rings. The minimum atomic E-state index is -3.38. The topological polar surface area (TPSA) is 46.2 Å². The van der Waals surface area contributed by atoms with Gasteiger partial charge in [-0.15, -0.1) is 0 Å². The van der Waals surface area contributed by atoms with E-state index in [0.29, 0.717) is 12.0 Å². The average molecular weight is 303 g/mol. The Labute approximate surface area is 118 Å². The van der Waals surface area contributed by atoms with E-state index in [4.69, 9.17) is 0 Å². The zero-order valence-corrected chi connectivity index (χ0v) is 12.4. The van der Waals surface area contributed by atoms with Crippen molar-refractivity contribution in [3.8, 4) is 0 Å². The molecule has 1 saturated carbocycles. The number of benzene rings is 1. The number of hydrogen-bond donors (Lipinski definition) is 1. The van der Waals surface area contributed by atoms with Crippen LogP contribution in [-0.2, 0) is 10.0 Å². The van der Waals surface area contributed by atoms with Crippen LogP contribution in [-0.4, -0.2) is 19.7 Å². The van der Waals surface area contributed by atoms with Gasteiger partial charge in [-0.05, 0) is 44.4 Å². The molecule has 1 aliphatic carbocycles. The smallest absolute Gasteiger partial charge is 0.212 e. The highest BCUT2D eigenvalue weighted by Crippen LogP contribution is 2.35. The first kappa shape index (κ1) is 15.4. The van der Waals surface area contributed by atoms with Gasteiger partial charge < -0.3 is 0 Å². The maximum absolute atomic E-state index is 13.3. The van der Waals surface area contributed by atoms with Crippen molar-refractivity contribution in [3.63, 3.8) is 0 Å². The first-order valence-electron chi connectivity index (χ1n) is 6.77. The third-order valence-corrected chi connectivity index (χ3v) is 5.64. The van der Waals surface area contributed by atoms with Crippen LogP contribution >= 0.6 is 0 Å². The summed E-state index contributed by atoms with van der Waals surface area (Å²) >= 11 is 0. The van der Waals surface area contributed by atoms with E-state index in [-0.39, 0.29) is 12.0 Å². The quantitative estimate of drug-likeness (QED) is 0.929. The molecular weight excluding hydrogens is 284 g/mol. The van der Waals surface area contributed by atoms with Gasteiger partial charge >= 0.3 is 0 Å². The fraction of sp³-hybridized carbons (Fsp3) is 0.571. The highest BCUT2D eigenvalue weighted by molar-refractivity contribution is 7.90. The normalized spacial score (nSPS) is 23.4.